The second-order valence-corrected chi connectivity index (χ2v) is 9.64. The van der Waals surface area contributed by atoms with E-state index in [-0.39, 0.29) is 34.5 Å². The molecule has 0 saturated carbocycles. The molecule has 1 aliphatic rings. The van der Waals surface area contributed by atoms with Gasteiger partial charge >= 0.3 is 5.97 Å². The van der Waals surface area contributed by atoms with E-state index in [1.165, 1.54) is 6.33 Å². The number of benzene rings is 1. The highest BCUT2D eigenvalue weighted by molar-refractivity contribution is 6.08. The molecule has 1 aromatic carbocycles. The second-order valence-electron chi connectivity index (χ2n) is 9.64. The van der Waals surface area contributed by atoms with E-state index in [9.17, 15) is 19.5 Å². The van der Waals surface area contributed by atoms with E-state index in [0.717, 1.165) is 11.1 Å². The Kier molecular flexibility index (Phi) is 5.65. The number of rotatable bonds is 5. The Morgan fingerprint density at radius 1 is 1.21 bits per heavy atom. The summed E-state index contributed by atoms with van der Waals surface area (Å²) < 4.78 is 1.73. The molecule has 0 bridgehead atoms. The monoisotopic (exact) mass is 449 g/mol. The van der Waals surface area contributed by atoms with Gasteiger partial charge in [-0.15, -0.1) is 0 Å². The predicted octanol–water partition coefficient (Wildman–Crippen LogP) is 3.46. The minimum Gasteiger partial charge on any atom is -0.478 e. The molecule has 0 saturated heterocycles. The van der Waals surface area contributed by atoms with Crippen LogP contribution in [0.4, 0.5) is 5.69 Å². The summed E-state index contributed by atoms with van der Waals surface area (Å²) in [6, 6.07) is 4.75. The minimum atomic E-state index is -0.970. The van der Waals surface area contributed by atoms with Crippen LogP contribution in [0.2, 0.25) is 0 Å². The first-order chi connectivity index (χ1) is 15.5. The van der Waals surface area contributed by atoms with E-state index in [1.54, 1.807) is 36.0 Å². The molecule has 3 N–H and O–H groups in total. The third kappa shape index (κ3) is 4.57. The van der Waals surface area contributed by atoms with Crippen molar-refractivity contribution in [3.05, 3.63) is 53.1 Å². The molecule has 3 aromatic rings. The molecule has 172 valence electrons. The maximum Gasteiger partial charge on any atom is 0.335 e. The second kappa shape index (κ2) is 8.31. The van der Waals surface area contributed by atoms with Crippen LogP contribution in [0, 0.1) is 5.41 Å². The van der Waals surface area contributed by atoms with Gasteiger partial charge in [-0.1, -0.05) is 26.8 Å². The number of carbonyl (C=O) groups is 3. The lowest BCUT2D eigenvalue weighted by Crippen LogP contribution is -2.28. The van der Waals surface area contributed by atoms with E-state index in [1.807, 2.05) is 20.8 Å². The van der Waals surface area contributed by atoms with Crippen LogP contribution in [0.5, 0.6) is 0 Å². The van der Waals surface area contributed by atoms with Crippen LogP contribution in [0.3, 0.4) is 0 Å². The van der Waals surface area contributed by atoms with Crippen molar-refractivity contribution in [2.45, 2.75) is 46.1 Å². The van der Waals surface area contributed by atoms with E-state index in [4.69, 9.17) is 0 Å². The number of carboxylic acids is 1. The molecule has 33 heavy (non-hydrogen) atoms. The highest BCUT2D eigenvalue weighted by atomic mass is 16.4. The molecule has 2 heterocycles. The molecule has 9 nitrogen and oxygen atoms in total. The average molecular weight is 450 g/mol. The molecule has 2 aromatic heterocycles. The molecule has 9 heteroatoms. The first-order valence-corrected chi connectivity index (χ1v) is 10.8. The number of aryl methyl sites for hydroxylation is 2. The number of amides is 2. The summed E-state index contributed by atoms with van der Waals surface area (Å²) in [6.45, 7) is 5.97. The van der Waals surface area contributed by atoms with E-state index >= 15 is 0 Å². The number of nitrogens with zero attached hydrogens (tertiary/aromatic N) is 3. The number of aromatic nitrogens is 3. The zero-order valence-electron chi connectivity index (χ0n) is 19.1. The number of aromatic carboxylic acids is 1. The highest BCUT2D eigenvalue weighted by Gasteiger charge is 2.27. The van der Waals surface area contributed by atoms with Crippen LogP contribution in [0.1, 0.15) is 71.6 Å². The third-order valence-corrected chi connectivity index (χ3v) is 5.71. The molecule has 4 rings (SSSR count). The minimum absolute atomic E-state index is 0.122. The van der Waals surface area contributed by atoms with Gasteiger partial charge in [-0.3, -0.25) is 9.59 Å². The Bertz CT molecular complexity index is 1270. The van der Waals surface area contributed by atoms with Crippen molar-refractivity contribution in [1.82, 2.24) is 19.9 Å². The molecular formula is C24H27N5O4. The van der Waals surface area contributed by atoms with Crippen molar-refractivity contribution in [1.29, 1.82) is 0 Å². The number of fused-ring (bicyclic) bond motifs is 2. The van der Waals surface area contributed by atoms with Crippen LogP contribution in [-0.2, 0) is 18.3 Å². The van der Waals surface area contributed by atoms with Crippen LogP contribution in [0.25, 0.3) is 11.0 Å². The summed E-state index contributed by atoms with van der Waals surface area (Å²) in [4.78, 5) is 45.4. The number of nitrogens with one attached hydrogen (secondary N) is 2. The fraction of sp³-hybridized carbons (Fsp3) is 0.375. The molecule has 1 aliphatic carbocycles. The van der Waals surface area contributed by atoms with Crippen molar-refractivity contribution in [3.8, 4) is 0 Å². The van der Waals surface area contributed by atoms with E-state index < -0.39 is 5.97 Å². The van der Waals surface area contributed by atoms with Gasteiger partial charge in [0.05, 0.1) is 17.3 Å². The quantitative estimate of drug-likeness (QED) is 0.548. The van der Waals surface area contributed by atoms with Gasteiger partial charge < -0.3 is 20.3 Å². The maximum absolute atomic E-state index is 13.2. The summed E-state index contributed by atoms with van der Waals surface area (Å²) in [5, 5.41) is 15.1. The van der Waals surface area contributed by atoms with Crippen LogP contribution < -0.4 is 10.6 Å². The number of anilines is 1. The van der Waals surface area contributed by atoms with Gasteiger partial charge in [0, 0.05) is 19.7 Å². The van der Waals surface area contributed by atoms with E-state index in [2.05, 4.69) is 20.6 Å². The number of carbonyl (C=O) groups excluding carboxylic acids is 2. The molecule has 0 unspecified atom stereocenters. The third-order valence-electron chi connectivity index (χ3n) is 5.71. The Balaban J connectivity index is 1.58. The predicted molar refractivity (Wildman–Crippen MR) is 123 cm³/mol. The molecule has 1 atom stereocenters. The van der Waals surface area contributed by atoms with Gasteiger partial charge in [0.15, 0.2) is 5.69 Å². The largest absolute Gasteiger partial charge is 0.478 e. The SMILES string of the molecule is Cn1cc(NC(=O)CC(C)(C)C)c2ncnc(C(=O)N[C@H]3CCc4cc(C(=O)O)ccc43)c21. The fourth-order valence-corrected chi connectivity index (χ4v) is 4.29. The van der Waals surface area contributed by atoms with Gasteiger partial charge in [0.1, 0.15) is 17.4 Å². The Hall–Kier alpha value is -3.75. The first kappa shape index (κ1) is 22.4. The number of hydrogen-bond acceptors (Lipinski definition) is 5. The Morgan fingerprint density at radius 2 is 1.97 bits per heavy atom. The van der Waals surface area contributed by atoms with Crippen LogP contribution in [-0.4, -0.2) is 37.4 Å². The Labute approximate surface area is 191 Å². The molecule has 0 radical (unpaired) electrons. The van der Waals surface area contributed by atoms with Gasteiger partial charge in [0.2, 0.25) is 5.91 Å². The van der Waals surface area contributed by atoms with Crippen molar-refractivity contribution >= 4 is 34.5 Å². The zero-order chi connectivity index (χ0) is 23.9. The summed E-state index contributed by atoms with van der Waals surface area (Å²) >= 11 is 0. The standard InChI is InChI=1S/C24H27N5O4/c1-24(2,3)10-18(30)27-17-11-29(4)21-19(17)25-12-26-20(21)22(31)28-16-8-6-13-9-14(23(32)33)5-7-15(13)16/h5,7,9,11-12,16H,6,8,10H2,1-4H3,(H,27,30)(H,28,31)(H,32,33)/t16-/m0/s1. The topological polar surface area (TPSA) is 126 Å². The lowest BCUT2D eigenvalue weighted by molar-refractivity contribution is -0.117. The summed E-state index contributed by atoms with van der Waals surface area (Å²) in [7, 11) is 1.78. The van der Waals surface area contributed by atoms with Crippen LogP contribution in [0.15, 0.2) is 30.7 Å². The van der Waals surface area contributed by atoms with Gasteiger partial charge in [-0.25, -0.2) is 14.8 Å². The Morgan fingerprint density at radius 3 is 2.67 bits per heavy atom. The van der Waals surface area contributed by atoms with E-state index in [0.29, 0.717) is 36.0 Å². The fourth-order valence-electron chi connectivity index (χ4n) is 4.29. The normalized spacial score (nSPS) is 15.3. The molecule has 2 amide bonds. The summed E-state index contributed by atoms with van der Waals surface area (Å²) in [5.41, 5.74) is 3.70. The summed E-state index contributed by atoms with van der Waals surface area (Å²) in [5.74, 6) is -1.44. The van der Waals surface area contributed by atoms with Crippen LogP contribution >= 0.6 is 0 Å². The molecule has 0 aliphatic heterocycles. The highest BCUT2D eigenvalue weighted by Crippen LogP contribution is 2.33. The van der Waals surface area contributed by atoms with Gasteiger partial charge in [0.25, 0.3) is 5.91 Å². The lowest BCUT2D eigenvalue weighted by atomic mass is 9.92. The molecule has 0 spiro atoms. The van der Waals surface area contributed by atoms with Crippen molar-refractivity contribution < 1.29 is 19.5 Å². The first-order valence-electron chi connectivity index (χ1n) is 10.8. The average Bonchev–Trinajstić information content (AvgIpc) is 3.27. The molecule has 0 fully saturated rings. The molecular weight excluding hydrogens is 422 g/mol. The number of carboxylic acid groups (broad SMARTS) is 1. The van der Waals surface area contributed by atoms with Gasteiger partial charge in [-0.2, -0.15) is 0 Å². The maximum atomic E-state index is 13.2. The summed E-state index contributed by atoms with van der Waals surface area (Å²) in [6.07, 6.45) is 4.77. The smallest absolute Gasteiger partial charge is 0.335 e. The van der Waals surface area contributed by atoms with Crippen molar-refractivity contribution in [3.63, 3.8) is 0 Å². The van der Waals surface area contributed by atoms with Crippen molar-refractivity contribution in [2.75, 3.05) is 5.32 Å². The zero-order valence-corrected chi connectivity index (χ0v) is 19.1. The number of hydrogen-bond donors (Lipinski definition) is 3. The van der Waals surface area contributed by atoms with Crippen molar-refractivity contribution in [2.24, 2.45) is 12.5 Å². The lowest BCUT2D eigenvalue weighted by Gasteiger charge is -2.16. The van der Waals surface area contributed by atoms with Gasteiger partial charge in [-0.05, 0) is 41.5 Å².